The molecule has 602 valence electrons. The fourth-order valence-electron chi connectivity index (χ4n) is 21.0. The summed E-state index contributed by atoms with van der Waals surface area (Å²) in [6, 6.07) is 21.8. The third-order valence-corrected chi connectivity index (χ3v) is 25.7. The number of likely N-dealkylation sites (N-methyl/N-ethyl adjacent to an activating group) is 1. The van der Waals surface area contributed by atoms with Crippen LogP contribution in [0.5, 0.6) is 34.5 Å². The Morgan fingerprint density at radius 2 is 0.708 bits per heavy atom. The fourth-order valence-corrected chi connectivity index (χ4v) is 21.0. The number of benzene rings is 11. The predicted octanol–water partition coefficient (Wildman–Crippen LogP) is 8.51. The van der Waals surface area contributed by atoms with E-state index in [4.69, 9.17) is 85.3 Å². The van der Waals surface area contributed by atoms with Gasteiger partial charge in [0.2, 0.25) is 11.5 Å². The van der Waals surface area contributed by atoms with Gasteiger partial charge < -0.3 is 142 Å². The van der Waals surface area contributed by atoms with E-state index in [1.54, 1.807) is 140 Å². The van der Waals surface area contributed by atoms with Gasteiger partial charge in [0.15, 0.2) is 23.0 Å². The molecule has 4 aliphatic carbocycles. The second-order valence-electron chi connectivity index (χ2n) is 32.2. The first-order valence-electron chi connectivity index (χ1n) is 40.0. The van der Waals surface area contributed by atoms with Crippen LogP contribution in [0, 0.1) is 0 Å². The van der Waals surface area contributed by atoms with Gasteiger partial charge in [0.25, 0.3) is 0 Å². The van der Waals surface area contributed by atoms with Crippen molar-refractivity contribution in [2.24, 2.45) is 0 Å². The van der Waals surface area contributed by atoms with Crippen LogP contribution in [-0.4, -0.2) is 251 Å². The van der Waals surface area contributed by atoms with Gasteiger partial charge in [0.1, 0.15) is 51.7 Å². The number of methoxy groups -OCH3 is 6. The van der Waals surface area contributed by atoms with Crippen molar-refractivity contribution in [2.45, 2.75) is 56.5 Å². The van der Waals surface area contributed by atoms with E-state index >= 15 is 0 Å². The average molecular weight is 1770 g/mol. The van der Waals surface area contributed by atoms with E-state index in [1.165, 1.54) is 60.1 Å². The molecule has 19 rings (SSSR count). The van der Waals surface area contributed by atoms with E-state index in [-0.39, 0.29) is 71.4 Å². The summed E-state index contributed by atoms with van der Waals surface area (Å²) in [4.78, 5) is 0. The van der Waals surface area contributed by atoms with Crippen LogP contribution in [0.1, 0.15) is 81.9 Å². The van der Waals surface area contributed by atoms with Crippen LogP contribution < -0.4 is 76.4 Å². The standard InChI is InChI=1S/C64H56NO9.C27H50NO9.2HI/c1-65(2)28-38-37-26-34-24-31-22-32-21-29-20-30-23-33-25-35-27-64(38,63(65)36-6-7-39(72-17-14-69-11-8-66-3)62(74-19-16-71-13-10-68-5)61(36)73-18-15-70-12-9-67-4)60-46(35)51-45(33)50-41(30)40(29)48-44(32)49-42(31)43(34)52-47(37)59(60)58-56(51)54(50)53(48)55(49)57(52)58;1-8-28(3,4)23(2)24-9-10-25(35-20-17-32-14-11-29-5)27(37-22-19-34-16-13-31-7)26(24)36-21-18-33-15-12-30-6;;/h6-7,21-23,25-26,38,63H,8-20,24,27-28H2,1-5H3;9-10,23H,8,11-22H2,1-7H3;2*1H/q2*+1;;/p-2. The Hall–Kier alpha value is -6.28. The Bertz CT molecular complexity index is 5630. The fraction of sp³-hybridized carbons (Fsp3) is 0.495. The van der Waals surface area contributed by atoms with Crippen LogP contribution in [0.4, 0.5) is 0 Å². The van der Waals surface area contributed by atoms with Gasteiger partial charge in [-0.15, -0.1) is 0 Å². The van der Waals surface area contributed by atoms with E-state index in [0.29, 0.717) is 187 Å². The molecule has 22 heteroatoms. The molecule has 1 spiro atoms. The molecule has 4 atom stereocenters. The topological polar surface area (TPSA) is 166 Å². The second kappa shape index (κ2) is 32.9. The molecule has 0 amide bonds. The molecule has 14 aromatic carbocycles. The van der Waals surface area contributed by atoms with Crippen molar-refractivity contribution in [3.05, 3.63) is 105 Å². The molecule has 0 aromatic heterocycles. The molecule has 5 aliphatic rings. The van der Waals surface area contributed by atoms with Crippen LogP contribution >= 0.6 is 0 Å². The number of nitrogens with zero attached hydrogens (tertiary/aromatic N) is 2. The van der Waals surface area contributed by atoms with E-state index in [0.717, 1.165) is 58.2 Å². The van der Waals surface area contributed by atoms with Crippen molar-refractivity contribution in [1.29, 1.82) is 0 Å². The maximum Gasteiger partial charge on any atom is 0.204 e. The molecular formula is C91H106I2N2O18. The highest BCUT2D eigenvalue weighted by molar-refractivity contribution is 6.65. The molecule has 4 unspecified atom stereocenters. The number of hydrogen-bond donors (Lipinski definition) is 0. The Kier molecular flexibility index (Phi) is 23.4. The minimum atomic E-state index is -0.307. The number of hydrogen-bond acceptors (Lipinski definition) is 18. The van der Waals surface area contributed by atoms with Gasteiger partial charge in [0, 0.05) is 48.6 Å². The van der Waals surface area contributed by atoms with E-state index < -0.39 is 0 Å². The normalized spacial score (nSPS) is 17.4. The number of fused-ring (bicyclic) bond motifs is 1. The molecule has 0 saturated carbocycles. The van der Waals surface area contributed by atoms with Gasteiger partial charge in [0.05, 0.1) is 177 Å². The highest BCUT2D eigenvalue weighted by Gasteiger charge is 2.68. The van der Waals surface area contributed by atoms with Gasteiger partial charge in [-0.2, -0.15) is 0 Å². The number of quaternary nitrogens is 2. The molecule has 113 heavy (non-hydrogen) atoms. The van der Waals surface area contributed by atoms with Gasteiger partial charge >= 0.3 is 0 Å². The molecule has 1 heterocycles. The van der Waals surface area contributed by atoms with Crippen molar-refractivity contribution < 1.29 is 142 Å². The third kappa shape index (κ3) is 12.7. The molecule has 1 saturated heterocycles. The smallest absolute Gasteiger partial charge is 0.204 e. The lowest BCUT2D eigenvalue weighted by atomic mass is 9.60. The molecular weight excluding hydrogens is 1660 g/mol. The van der Waals surface area contributed by atoms with Crippen LogP contribution in [-0.2, 0) is 81.5 Å². The molecule has 20 nitrogen and oxygen atoms in total. The van der Waals surface area contributed by atoms with Gasteiger partial charge in [-0.3, -0.25) is 0 Å². The maximum atomic E-state index is 7.19. The minimum absolute atomic E-state index is 0. The summed E-state index contributed by atoms with van der Waals surface area (Å²) in [5, 5.41) is 33.9. The van der Waals surface area contributed by atoms with E-state index in [9.17, 15) is 0 Å². The molecule has 1 fully saturated rings. The number of halogens is 2. The lowest BCUT2D eigenvalue weighted by Crippen LogP contribution is -3.00. The molecule has 0 radical (unpaired) electrons. The highest BCUT2D eigenvalue weighted by Crippen LogP contribution is 2.75. The van der Waals surface area contributed by atoms with Crippen molar-refractivity contribution in [3.63, 3.8) is 0 Å². The average Bonchev–Trinajstić information content (AvgIpc) is 1.43. The van der Waals surface area contributed by atoms with Crippen LogP contribution in [0.3, 0.4) is 0 Å². The van der Waals surface area contributed by atoms with Gasteiger partial charge in [-0.1, -0.05) is 30.3 Å². The summed E-state index contributed by atoms with van der Waals surface area (Å²) >= 11 is 0. The molecule has 1 aliphatic heterocycles. The third-order valence-electron chi connectivity index (χ3n) is 25.7. The quantitative estimate of drug-likeness (QED) is 0.0154. The van der Waals surface area contributed by atoms with Crippen LogP contribution in [0.15, 0.2) is 54.6 Å². The predicted molar refractivity (Wildman–Crippen MR) is 435 cm³/mol. The first kappa shape index (κ1) is 80.5. The summed E-state index contributed by atoms with van der Waals surface area (Å²) < 4.78 is 107. The highest BCUT2D eigenvalue weighted by atomic mass is 127. The van der Waals surface area contributed by atoms with Gasteiger partial charge in [-0.05, 0) is 215 Å². The Balaban J connectivity index is 0.000000212. The van der Waals surface area contributed by atoms with Crippen molar-refractivity contribution >= 4 is 118 Å². The van der Waals surface area contributed by atoms with Gasteiger partial charge in [-0.25, -0.2) is 0 Å². The maximum absolute atomic E-state index is 7.19. The largest absolute Gasteiger partial charge is 1.00 e. The first-order valence-corrected chi connectivity index (χ1v) is 40.0. The lowest BCUT2D eigenvalue weighted by molar-refractivity contribution is -0.917. The zero-order valence-corrected chi connectivity index (χ0v) is 71.7. The monoisotopic (exact) mass is 1770 g/mol. The minimum Gasteiger partial charge on any atom is -1.00 e. The van der Waals surface area contributed by atoms with Crippen LogP contribution in [0.2, 0.25) is 0 Å². The van der Waals surface area contributed by atoms with E-state index in [2.05, 4.69) is 90.6 Å². The second-order valence-corrected chi connectivity index (χ2v) is 32.2. The van der Waals surface area contributed by atoms with Crippen molar-refractivity contribution in [2.75, 3.05) is 243 Å². The number of rotatable bonds is 46. The SMILES string of the molecule is CC[N+](C)(C)C(C)c1ccc(OCCOCCOC)c(OCCOCCOC)c1OCCOCCOC.COCCOCCOc1ccc(C2C34Cc5cc6cc7c8c9c(cc%10cc%11c%12c%13c(cc(c%14c%15c3c5c3c6c8c5c3c%15c(c%14%13)c3c%12c%10c9c35)C4C[N+]2(C)C)C%11)C7)c(OCCOCCOC)c1OCCOCCOC.[I-].[I-]. The Morgan fingerprint density at radius 3 is 1.14 bits per heavy atom. The van der Waals surface area contributed by atoms with E-state index in [1.807, 2.05) is 6.07 Å². The Labute approximate surface area is 694 Å². The molecule has 0 bridgehead atoms. The summed E-state index contributed by atoms with van der Waals surface area (Å²) in [5.41, 5.74) is 12.6. The summed E-state index contributed by atoms with van der Waals surface area (Å²) in [5.74, 6) is 4.00. The zero-order valence-electron chi connectivity index (χ0n) is 67.4. The summed E-state index contributed by atoms with van der Waals surface area (Å²) in [6.07, 6.45) is 2.94. The summed E-state index contributed by atoms with van der Waals surface area (Å²) in [6.45, 7) is 17.0. The lowest BCUT2D eigenvalue weighted by Gasteiger charge is -2.42. The molecule has 14 aromatic rings. The zero-order chi connectivity index (χ0) is 76.2. The Morgan fingerprint density at radius 1 is 0.363 bits per heavy atom. The van der Waals surface area contributed by atoms with Crippen molar-refractivity contribution in [3.8, 4) is 34.5 Å². The van der Waals surface area contributed by atoms with Crippen molar-refractivity contribution in [1.82, 2.24) is 0 Å². The van der Waals surface area contributed by atoms with Crippen LogP contribution in [0.25, 0.3) is 118 Å². The summed E-state index contributed by atoms with van der Waals surface area (Å²) in [7, 11) is 19.4. The number of likely N-dealkylation sites (tertiary alicyclic amines) is 1. The molecule has 0 N–H and O–H groups in total. The number of ether oxygens (including phenoxy) is 18. The first-order chi connectivity index (χ1) is 54.3.